The van der Waals surface area contributed by atoms with Crippen molar-refractivity contribution in [3.05, 3.63) is 114 Å². The lowest BCUT2D eigenvalue weighted by atomic mass is 10.0. The first-order valence-corrected chi connectivity index (χ1v) is 11.7. The van der Waals surface area contributed by atoms with Crippen LogP contribution in [0, 0.1) is 0 Å². The van der Waals surface area contributed by atoms with Crippen LogP contribution in [-0.4, -0.2) is 11.6 Å². The number of carbonyl (C=O) groups is 2. The highest BCUT2D eigenvalue weighted by Gasteiger charge is 2.17. The van der Waals surface area contributed by atoms with Crippen LogP contribution in [0.2, 0.25) is 0 Å². The average molecular weight is 465 g/mol. The number of Topliss-reactive ketones (excluding diaryl/α,β-unsaturated/α-hetero) is 2. The van der Waals surface area contributed by atoms with Crippen molar-refractivity contribution in [2.45, 2.75) is 26.7 Å². The van der Waals surface area contributed by atoms with E-state index in [4.69, 9.17) is 9.05 Å². The fraction of sp³-hybridized carbons (Fsp3) is 0.154. The van der Waals surface area contributed by atoms with E-state index in [1.807, 2.05) is 6.92 Å². The zero-order valence-electron chi connectivity index (χ0n) is 18.7. The summed E-state index contributed by atoms with van der Waals surface area (Å²) in [5.74, 6) is -0.502. The molecule has 0 N–H and O–H groups in total. The first-order chi connectivity index (χ1) is 15.7. The van der Waals surface area contributed by atoms with E-state index >= 15 is 0 Å². The third-order valence-electron chi connectivity index (χ3n) is 4.56. The maximum absolute atomic E-state index is 12.4. The molecule has 0 saturated carbocycles. The summed E-state index contributed by atoms with van der Waals surface area (Å²) < 4.78 is 22.1. The summed E-state index contributed by atoms with van der Waals surface area (Å²) in [5.41, 5.74) is 1.72. The van der Waals surface area contributed by atoms with Crippen molar-refractivity contribution in [2.75, 3.05) is 0 Å². The molecule has 0 bridgehead atoms. The Hall–Kier alpha value is -3.47. The van der Waals surface area contributed by atoms with E-state index in [1.54, 1.807) is 55.5 Å². The summed E-state index contributed by atoms with van der Waals surface area (Å²) in [6.45, 7) is 10.9. The van der Waals surface area contributed by atoms with Crippen molar-refractivity contribution in [1.82, 2.24) is 0 Å². The van der Waals surface area contributed by atoms with Gasteiger partial charge in [0.15, 0.2) is 11.6 Å². The van der Waals surface area contributed by atoms with Crippen LogP contribution in [0.3, 0.4) is 0 Å². The molecule has 0 saturated heterocycles. The van der Waals surface area contributed by atoms with E-state index in [2.05, 4.69) is 13.2 Å². The highest BCUT2D eigenvalue weighted by Crippen LogP contribution is 2.42. The summed E-state index contributed by atoms with van der Waals surface area (Å²) in [4.78, 5) is 37.0. The van der Waals surface area contributed by atoms with Crippen LogP contribution in [-0.2, 0) is 9.09 Å². The second-order valence-corrected chi connectivity index (χ2v) is 8.32. The Morgan fingerprint density at radius 2 is 1.55 bits per heavy atom. The number of ketones is 2. The van der Waals surface area contributed by atoms with Gasteiger partial charge in [-0.2, -0.15) is 0 Å². The van der Waals surface area contributed by atoms with E-state index in [1.165, 1.54) is 24.3 Å². The lowest BCUT2D eigenvalue weighted by molar-refractivity contribution is -0.213. The number of carbonyl (C=O) groups excluding carboxylic acids is 2. The van der Waals surface area contributed by atoms with Gasteiger partial charge in [0.2, 0.25) is 0 Å². The van der Waals surface area contributed by atoms with Gasteiger partial charge < -0.3 is 13.9 Å². The molecule has 0 aliphatic carbocycles. The minimum absolute atomic E-state index is 0.00518. The molecular weight excluding hydrogens is 439 g/mol. The number of hydrogen-bond donors (Lipinski definition) is 0. The second-order valence-electron chi connectivity index (χ2n) is 7.06. The molecule has 0 spiro atoms. The van der Waals surface area contributed by atoms with Crippen molar-refractivity contribution in [2.24, 2.45) is 0 Å². The van der Waals surface area contributed by atoms with Gasteiger partial charge in [-0.25, -0.2) is 4.57 Å². The molecule has 1 atom stereocenters. The predicted octanol–water partition coefficient (Wildman–Crippen LogP) is 5.99. The Labute approximate surface area is 194 Å². The van der Waals surface area contributed by atoms with Crippen molar-refractivity contribution in [3.63, 3.8) is 0 Å². The van der Waals surface area contributed by atoms with Gasteiger partial charge in [0.1, 0.15) is 5.75 Å². The average Bonchev–Trinajstić information content (AvgIpc) is 2.80. The molecule has 2 aromatic carbocycles. The number of rotatable bonds is 12. The lowest BCUT2D eigenvalue weighted by Gasteiger charge is -2.25. The van der Waals surface area contributed by atoms with Crippen LogP contribution in [0.4, 0.5) is 0 Å². The van der Waals surface area contributed by atoms with E-state index in [0.29, 0.717) is 22.3 Å². The van der Waals surface area contributed by atoms with E-state index in [0.717, 1.165) is 0 Å². The van der Waals surface area contributed by atoms with Crippen LogP contribution >= 0.6 is 7.82 Å². The molecule has 1 unspecified atom stereocenters. The summed E-state index contributed by atoms with van der Waals surface area (Å²) in [5, 5.41) is 0. The first-order valence-electron chi connectivity index (χ1n) is 10.3. The molecule has 0 aromatic heterocycles. The summed E-state index contributed by atoms with van der Waals surface area (Å²) in [6.07, 6.45) is 5.41. The van der Waals surface area contributed by atoms with Crippen molar-refractivity contribution in [1.29, 1.82) is 0 Å². The quantitative estimate of drug-likeness (QED) is 0.126. The zero-order valence-corrected chi connectivity index (χ0v) is 19.5. The van der Waals surface area contributed by atoms with Crippen LogP contribution in [0.15, 0.2) is 103 Å². The lowest BCUT2D eigenvalue weighted by Crippen LogP contribution is -2.11. The van der Waals surface area contributed by atoms with Crippen LogP contribution in [0.5, 0.6) is 5.75 Å². The van der Waals surface area contributed by atoms with Crippen molar-refractivity contribution >= 4 is 19.4 Å². The SMILES string of the molecule is C=C(CCC(=C)C(=O)c1ccccc1)OP(=O)([O-])Oc1ccc(C(=O)C(/C=C\C)=C/C)cc1. The van der Waals surface area contributed by atoms with Crippen LogP contribution in [0.25, 0.3) is 0 Å². The molecule has 0 amide bonds. The number of hydrogen-bond acceptors (Lipinski definition) is 6. The van der Waals surface area contributed by atoms with Gasteiger partial charge in [-0.1, -0.05) is 61.7 Å². The number of phosphoric ester groups is 1. The number of benzene rings is 2. The Bertz CT molecular complexity index is 1130. The fourth-order valence-corrected chi connectivity index (χ4v) is 3.69. The maximum Gasteiger partial charge on any atom is 0.372 e. The predicted molar refractivity (Wildman–Crippen MR) is 127 cm³/mol. The molecule has 2 aromatic rings. The standard InChI is InChI=1S/C26H27O6P/c1-5-10-21(6-2)26(28)23-15-17-24(18-16-23)32-33(29,30)31-20(4)14-13-19(3)25(27)22-11-8-7-9-12-22/h5-12,15-18H,3-4,13-14H2,1-2H3,(H,29,30)/p-1/b10-5-,21-6+. The summed E-state index contributed by atoms with van der Waals surface area (Å²) in [6, 6.07) is 14.3. The molecule has 2 rings (SSSR count). The van der Waals surface area contributed by atoms with Gasteiger partial charge >= 0.3 is 7.82 Å². The molecule has 0 fully saturated rings. The highest BCUT2D eigenvalue weighted by molar-refractivity contribution is 7.46. The van der Waals surface area contributed by atoms with E-state index in [9.17, 15) is 19.0 Å². The summed E-state index contributed by atoms with van der Waals surface area (Å²) >= 11 is 0. The van der Waals surface area contributed by atoms with Gasteiger partial charge in [0.05, 0.1) is 5.76 Å². The Morgan fingerprint density at radius 3 is 2.12 bits per heavy atom. The minimum Gasteiger partial charge on any atom is -0.736 e. The fourth-order valence-electron chi connectivity index (χ4n) is 2.87. The summed E-state index contributed by atoms with van der Waals surface area (Å²) in [7, 11) is -4.76. The zero-order chi connectivity index (χ0) is 24.4. The highest BCUT2D eigenvalue weighted by atomic mass is 31.2. The molecule has 0 aliphatic rings. The minimum atomic E-state index is -4.76. The number of phosphoric acid groups is 1. The van der Waals surface area contributed by atoms with Gasteiger partial charge in [-0.15, -0.1) is 0 Å². The molecule has 6 nitrogen and oxygen atoms in total. The normalized spacial score (nSPS) is 13.2. The van der Waals surface area contributed by atoms with Gasteiger partial charge in [0.25, 0.3) is 0 Å². The Morgan fingerprint density at radius 1 is 0.939 bits per heavy atom. The van der Waals surface area contributed by atoms with E-state index < -0.39 is 7.82 Å². The Balaban J connectivity index is 1.91. The molecule has 0 aliphatic heterocycles. The first kappa shape index (κ1) is 25.8. The van der Waals surface area contributed by atoms with Gasteiger partial charge in [-0.05, 0) is 50.1 Å². The molecule has 7 heteroatoms. The topological polar surface area (TPSA) is 92.7 Å². The van der Waals surface area contributed by atoms with Crippen LogP contribution in [0.1, 0.15) is 47.4 Å². The van der Waals surface area contributed by atoms with Gasteiger partial charge in [0, 0.05) is 23.1 Å². The Kier molecular flexibility index (Phi) is 9.34. The molecule has 0 heterocycles. The second kappa shape index (κ2) is 12.0. The molecule has 33 heavy (non-hydrogen) atoms. The van der Waals surface area contributed by atoms with Gasteiger partial charge in [-0.3, -0.25) is 9.59 Å². The third-order valence-corrected chi connectivity index (χ3v) is 5.47. The molecule has 0 radical (unpaired) electrons. The third kappa shape index (κ3) is 7.86. The van der Waals surface area contributed by atoms with Crippen molar-refractivity contribution in [3.8, 4) is 5.75 Å². The van der Waals surface area contributed by atoms with Crippen LogP contribution < -0.4 is 9.42 Å². The smallest absolute Gasteiger partial charge is 0.372 e. The maximum atomic E-state index is 12.4. The molecular formula is C26H26O6P-. The van der Waals surface area contributed by atoms with E-state index in [-0.39, 0.29) is 35.9 Å². The molecule has 172 valence electrons. The largest absolute Gasteiger partial charge is 0.736 e. The number of allylic oxidation sites excluding steroid dienone is 6. The monoisotopic (exact) mass is 465 g/mol. The van der Waals surface area contributed by atoms with Crippen molar-refractivity contribution < 1.29 is 28.1 Å².